The van der Waals surface area contributed by atoms with E-state index in [4.69, 9.17) is 0 Å². The molecule has 0 radical (unpaired) electrons. The molecule has 20 heavy (non-hydrogen) atoms. The van der Waals surface area contributed by atoms with Gasteiger partial charge in [-0.3, -0.25) is 9.36 Å². The SMILES string of the molecule is CCCn1c(SCC(=O)c2ccccc2C)n[nH]c1=O. The summed E-state index contributed by atoms with van der Waals surface area (Å²) in [5, 5.41) is 6.95. The van der Waals surface area contributed by atoms with E-state index in [0.29, 0.717) is 11.7 Å². The highest BCUT2D eigenvalue weighted by molar-refractivity contribution is 7.99. The molecule has 0 amide bonds. The first-order valence-corrected chi connectivity index (χ1v) is 7.49. The maximum absolute atomic E-state index is 12.2. The molecule has 0 aliphatic rings. The van der Waals surface area contributed by atoms with Crippen molar-refractivity contribution in [1.82, 2.24) is 14.8 Å². The summed E-state index contributed by atoms with van der Waals surface area (Å²) in [7, 11) is 0. The highest BCUT2D eigenvalue weighted by atomic mass is 32.2. The van der Waals surface area contributed by atoms with Crippen LogP contribution in [0.1, 0.15) is 29.3 Å². The predicted molar refractivity (Wildman–Crippen MR) is 79.4 cm³/mol. The first kappa shape index (κ1) is 14.6. The maximum Gasteiger partial charge on any atom is 0.343 e. The summed E-state index contributed by atoms with van der Waals surface area (Å²) in [6.07, 6.45) is 0.846. The molecule has 0 saturated heterocycles. The van der Waals surface area contributed by atoms with Crippen molar-refractivity contribution < 1.29 is 4.79 Å². The molecule has 1 heterocycles. The van der Waals surface area contributed by atoms with Crippen molar-refractivity contribution in [2.45, 2.75) is 32.0 Å². The van der Waals surface area contributed by atoms with Crippen molar-refractivity contribution in [2.75, 3.05) is 5.75 Å². The van der Waals surface area contributed by atoms with E-state index in [0.717, 1.165) is 17.5 Å². The summed E-state index contributed by atoms with van der Waals surface area (Å²) >= 11 is 1.29. The van der Waals surface area contributed by atoms with Crippen LogP contribution in [0.15, 0.2) is 34.2 Å². The van der Waals surface area contributed by atoms with E-state index in [1.165, 1.54) is 11.8 Å². The molecule has 106 valence electrons. The topological polar surface area (TPSA) is 67.8 Å². The van der Waals surface area contributed by atoms with E-state index in [1.807, 2.05) is 38.1 Å². The Balaban J connectivity index is 2.08. The van der Waals surface area contributed by atoms with Crippen LogP contribution in [0, 0.1) is 6.92 Å². The van der Waals surface area contributed by atoms with Gasteiger partial charge in [0.2, 0.25) is 0 Å². The van der Waals surface area contributed by atoms with E-state index in [-0.39, 0.29) is 17.2 Å². The van der Waals surface area contributed by atoms with Gasteiger partial charge in [0.1, 0.15) is 0 Å². The van der Waals surface area contributed by atoms with Crippen LogP contribution >= 0.6 is 11.8 Å². The fourth-order valence-corrected chi connectivity index (χ4v) is 2.78. The van der Waals surface area contributed by atoms with Crippen molar-refractivity contribution in [3.63, 3.8) is 0 Å². The molecule has 0 unspecified atom stereocenters. The number of hydrogen-bond acceptors (Lipinski definition) is 4. The van der Waals surface area contributed by atoms with Crippen LogP contribution in [0.25, 0.3) is 0 Å². The molecule has 0 bridgehead atoms. The number of ketones is 1. The summed E-state index contributed by atoms with van der Waals surface area (Å²) in [6.45, 7) is 4.52. The van der Waals surface area contributed by atoms with E-state index >= 15 is 0 Å². The van der Waals surface area contributed by atoms with Crippen LogP contribution in [-0.2, 0) is 6.54 Å². The molecule has 5 nitrogen and oxygen atoms in total. The number of Topliss-reactive ketones (excluding diaryl/α,β-unsaturated/α-hetero) is 1. The van der Waals surface area contributed by atoms with E-state index in [2.05, 4.69) is 10.2 Å². The van der Waals surface area contributed by atoms with Crippen molar-refractivity contribution >= 4 is 17.5 Å². The Morgan fingerprint density at radius 2 is 2.15 bits per heavy atom. The van der Waals surface area contributed by atoms with Crippen molar-refractivity contribution in [1.29, 1.82) is 0 Å². The quantitative estimate of drug-likeness (QED) is 0.655. The van der Waals surface area contributed by atoms with Crippen LogP contribution < -0.4 is 5.69 Å². The molecule has 0 atom stereocenters. The Kier molecular flexibility index (Phi) is 4.79. The molecule has 1 aromatic carbocycles. The van der Waals surface area contributed by atoms with Gasteiger partial charge in [-0.05, 0) is 18.9 Å². The van der Waals surface area contributed by atoms with Crippen LogP contribution in [-0.4, -0.2) is 26.3 Å². The summed E-state index contributed by atoms with van der Waals surface area (Å²) < 4.78 is 1.57. The lowest BCUT2D eigenvalue weighted by Crippen LogP contribution is -2.17. The lowest BCUT2D eigenvalue weighted by Gasteiger charge is -2.05. The Bertz CT molecular complexity index is 660. The van der Waals surface area contributed by atoms with Crippen molar-refractivity contribution in [3.05, 3.63) is 45.9 Å². The number of aryl methyl sites for hydroxylation is 1. The molecular weight excluding hydrogens is 274 g/mol. The van der Waals surface area contributed by atoms with Crippen LogP contribution in [0.2, 0.25) is 0 Å². The number of hydrogen-bond donors (Lipinski definition) is 1. The Labute approximate surface area is 121 Å². The third-order valence-corrected chi connectivity index (χ3v) is 3.92. The number of carbonyl (C=O) groups excluding carboxylic acids is 1. The van der Waals surface area contributed by atoms with Gasteiger partial charge in [-0.2, -0.15) is 0 Å². The highest BCUT2D eigenvalue weighted by Crippen LogP contribution is 2.17. The van der Waals surface area contributed by atoms with Crippen LogP contribution in [0.5, 0.6) is 0 Å². The monoisotopic (exact) mass is 291 g/mol. The van der Waals surface area contributed by atoms with Gasteiger partial charge in [0.25, 0.3) is 0 Å². The van der Waals surface area contributed by atoms with Gasteiger partial charge in [0.15, 0.2) is 10.9 Å². The summed E-state index contributed by atoms with van der Waals surface area (Å²) in [4.78, 5) is 23.7. The average Bonchev–Trinajstić information content (AvgIpc) is 2.78. The molecule has 1 aromatic heterocycles. The van der Waals surface area contributed by atoms with Crippen molar-refractivity contribution in [3.8, 4) is 0 Å². The number of H-pyrrole nitrogens is 1. The first-order valence-electron chi connectivity index (χ1n) is 6.50. The minimum Gasteiger partial charge on any atom is -0.293 e. The summed E-state index contributed by atoms with van der Waals surface area (Å²) in [6, 6.07) is 7.50. The van der Waals surface area contributed by atoms with Gasteiger partial charge in [0.05, 0.1) is 5.75 Å². The van der Waals surface area contributed by atoms with Gasteiger partial charge < -0.3 is 0 Å². The van der Waals surface area contributed by atoms with Crippen LogP contribution in [0.3, 0.4) is 0 Å². The molecule has 6 heteroatoms. The number of benzene rings is 1. The second-order valence-electron chi connectivity index (χ2n) is 4.49. The summed E-state index contributed by atoms with van der Waals surface area (Å²) in [5.74, 6) is 0.324. The Morgan fingerprint density at radius 3 is 2.85 bits per heavy atom. The third-order valence-electron chi connectivity index (χ3n) is 2.95. The number of nitrogens with one attached hydrogen (secondary N) is 1. The second-order valence-corrected chi connectivity index (χ2v) is 5.43. The van der Waals surface area contributed by atoms with Gasteiger partial charge in [0, 0.05) is 12.1 Å². The maximum atomic E-state index is 12.2. The van der Waals surface area contributed by atoms with Gasteiger partial charge in [-0.1, -0.05) is 43.0 Å². The lowest BCUT2D eigenvalue weighted by molar-refractivity contribution is 0.102. The molecule has 2 aromatic rings. The minimum absolute atomic E-state index is 0.0478. The largest absolute Gasteiger partial charge is 0.343 e. The zero-order valence-electron chi connectivity index (χ0n) is 11.5. The average molecular weight is 291 g/mol. The zero-order valence-corrected chi connectivity index (χ0v) is 12.4. The van der Waals surface area contributed by atoms with Gasteiger partial charge >= 0.3 is 5.69 Å². The number of aromatic nitrogens is 3. The predicted octanol–water partition coefficient (Wildman–Crippen LogP) is 2.26. The third kappa shape index (κ3) is 3.19. The Morgan fingerprint density at radius 1 is 1.40 bits per heavy atom. The lowest BCUT2D eigenvalue weighted by atomic mass is 10.1. The molecule has 2 rings (SSSR count). The number of nitrogens with zero attached hydrogens (tertiary/aromatic N) is 2. The molecule has 1 N–H and O–H groups in total. The smallest absolute Gasteiger partial charge is 0.293 e. The fourth-order valence-electron chi connectivity index (χ4n) is 1.93. The van der Waals surface area contributed by atoms with Gasteiger partial charge in [-0.25, -0.2) is 9.89 Å². The minimum atomic E-state index is -0.224. The molecule has 0 fully saturated rings. The highest BCUT2D eigenvalue weighted by Gasteiger charge is 2.13. The van der Waals surface area contributed by atoms with Gasteiger partial charge in [-0.15, -0.1) is 5.10 Å². The molecule has 0 spiro atoms. The number of carbonyl (C=O) groups is 1. The number of rotatable bonds is 6. The van der Waals surface area contributed by atoms with Crippen molar-refractivity contribution in [2.24, 2.45) is 0 Å². The standard InChI is InChI=1S/C14H17N3O2S/c1-3-8-17-13(19)15-16-14(17)20-9-12(18)11-7-5-4-6-10(11)2/h4-7H,3,8-9H2,1-2H3,(H,15,19). The van der Waals surface area contributed by atoms with Crippen LogP contribution in [0.4, 0.5) is 0 Å². The normalized spacial score (nSPS) is 10.7. The second kappa shape index (κ2) is 6.56. The molecule has 0 saturated carbocycles. The summed E-state index contributed by atoms with van der Waals surface area (Å²) in [5.41, 5.74) is 1.46. The van der Waals surface area contributed by atoms with E-state index < -0.39 is 0 Å². The fraction of sp³-hybridized carbons (Fsp3) is 0.357. The van der Waals surface area contributed by atoms with E-state index in [9.17, 15) is 9.59 Å². The Hall–Kier alpha value is -1.82. The first-order chi connectivity index (χ1) is 9.63. The molecular formula is C14H17N3O2S. The molecule has 0 aliphatic heterocycles. The zero-order chi connectivity index (χ0) is 14.5. The van der Waals surface area contributed by atoms with E-state index in [1.54, 1.807) is 4.57 Å². The number of aromatic amines is 1. The number of thioether (sulfide) groups is 1. The molecule has 0 aliphatic carbocycles.